The predicted molar refractivity (Wildman–Crippen MR) is 301 cm³/mol. The van der Waals surface area contributed by atoms with E-state index in [2.05, 4.69) is 13.8 Å². The van der Waals surface area contributed by atoms with Gasteiger partial charge in [-0.15, -0.1) is 0 Å². The van der Waals surface area contributed by atoms with Crippen molar-refractivity contribution in [2.45, 2.75) is 335 Å². The third kappa shape index (κ3) is 58.4. The van der Waals surface area contributed by atoms with E-state index in [1.807, 2.05) is 21.1 Å². The zero-order valence-corrected chi connectivity index (χ0v) is 48.9. The highest BCUT2D eigenvalue weighted by atomic mass is 31.2. The second-order valence-corrected chi connectivity index (χ2v) is 24.2. The minimum atomic E-state index is -4.53. The fourth-order valence-electron chi connectivity index (χ4n) is 9.61. The molecule has 0 aliphatic rings. The molecule has 8 nitrogen and oxygen atoms in total. The van der Waals surface area contributed by atoms with Gasteiger partial charge in [0.15, 0.2) is 0 Å². The highest BCUT2D eigenvalue weighted by Gasteiger charge is 2.20. The van der Waals surface area contributed by atoms with Crippen molar-refractivity contribution in [3.8, 4) is 0 Å². The van der Waals surface area contributed by atoms with Crippen LogP contribution in [0.15, 0.2) is 0 Å². The molecule has 0 aliphatic heterocycles. The molecule has 0 amide bonds. The van der Waals surface area contributed by atoms with Crippen LogP contribution in [0.25, 0.3) is 0 Å². The molecule has 1 unspecified atom stereocenters. The van der Waals surface area contributed by atoms with E-state index in [1.165, 1.54) is 276 Å². The Kier molecular flexibility index (Phi) is 54.4. The fourth-order valence-corrected chi connectivity index (χ4v) is 10.3. The SMILES string of the molecule is CCCCCCCCCCCCCCCCCCCCCCCCCCCCCCC(=O)O[C@H](COCCCCCCCCCCCCCCCCCCCCCC)COP(=O)([O-])OCC[N+](C)(C)C. The standard InChI is InChI=1S/C61H124NO7P/c1-6-8-10-12-14-16-18-20-22-24-26-28-29-30-31-32-33-34-35-36-38-40-42-44-46-48-50-52-54-61(63)69-60(59-68-70(64,65)67-57-55-62(3,4)5)58-66-56-53-51-49-47-45-43-41-39-37-27-25-23-21-19-17-15-13-11-9-7-2/h60H,6-59H2,1-5H3/t60-/m1/s1. The van der Waals surface area contributed by atoms with Gasteiger partial charge in [-0.3, -0.25) is 9.36 Å². The zero-order valence-electron chi connectivity index (χ0n) is 48.0. The summed E-state index contributed by atoms with van der Waals surface area (Å²) in [5.41, 5.74) is 0. The smallest absolute Gasteiger partial charge is 0.306 e. The van der Waals surface area contributed by atoms with Gasteiger partial charge in [-0.05, 0) is 12.8 Å². The van der Waals surface area contributed by atoms with Crippen LogP contribution in [0.3, 0.4) is 0 Å². The van der Waals surface area contributed by atoms with Crippen molar-refractivity contribution in [1.29, 1.82) is 0 Å². The third-order valence-electron chi connectivity index (χ3n) is 14.4. The van der Waals surface area contributed by atoms with Crippen LogP contribution in [-0.2, 0) is 27.9 Å². The molecule has 0 saturated carbocycles. The molecule has 0 heterocycles. The Morgan fingerprint density at radius 2 is 0.657 bits per heavy atom. The molecule has 0 spiro atoms. The second-order valence-electron chi connectivity index (χ2n) is 22.8. The number of nitrogens with zero attached hydrogens (tertiary/aromatic N) is 1. The van der Waals surface area contributed by atoms with Crippen molar-refractivity contribution < 1.29 is 37.3 Å². The van der Waals surface area contributed by atoms with Gasteiger partial charge in [0.25, 0.3) is 7.82 Å². The van der Waals surface area contributed by atoms with Crippen LogP contribution in [0, 0.1) is 0 Å². The molecule has 0 saturated heterocycles. The molecule has 0 radical (unpaired) electrons. The van der Waals surface area contributed by atoms with E-state index in [-0.39, 0.29) is 25.8 Å². The number of esters is 1. The summed E-state index contributed by atoms with van der Waals surface area (Å²) in [7, 11) is 1.38. The molecular formula is C61H124NO7P. The zero-order chi connectivity index (χ0) is 51.2. The first-order valence-electron chi connectivity index (χ1n) is 31.3. The van der Waals surface area contributed by atoms with Crippen LogP contribution in [0.5, 0.6) is 0 Å². The van der Waals surface area contributed by atoms with Gasteiger partial charge in [0.2, 0.25) is 0 Å². The lowest BCUT2D eigenvalue weighted by molar-refractivity contribution is -0.870. The maximum absolute atomic E-state index is 12.8. The number of carbonyl (C=O) groups is 1. The Morgan fingerprint density at radius 1 is 0.386 bits per heavy atom. The molecule has 0 fully saturated rings. The van der Waals surface area contributed by atoms with E-state index in [0.717, 1.165) is 32.1 Å². The first-order valence-corrected chi connectivity index (χ1v) is 32.7. The van der Waals surface area contributed by atoms with Crippen molar-refractivity contribution in [2.24, 2.45) is 0 Å². The molecule has 0 aromatic heterocycles. The molecule has 0 aromatic carbocycles. The molecule has 0 rings (SSSR count). The summed E-state index contributed by atoms with van der Waals surface area (Å²) in [5, 5.41) is 0. The molecule has 0 aliphatic carbocycles. The summed E-state index contributed by atoms with van der Waals surface area (Å²) in [6, 6.07) is 0. The van der Waals surface area contributed by atoms with Gasteiger partial charge < -0.3 is 27.9 Å². The Balaban J connectivity index is 3.94. The fraction of sp³-hybridized carbons (Fsp3) is 0.984. The lowest BCUT2D eigenvalue weighted by Gasteiger charge is -2.28. The summed E-state index contributed by atoms with van der Waals surface area (Å²) in [4.78, 5) is 25.3. The lowest BCUT2D eigenvalue weighted by atomic mass is 10.0. The number of ether oxygens (including phenoxy) is 2. The number of carbonyl (C=O) groups excluding carboxylic acids is 1. The highest BCUT2D eigenvalue weighted by molar-refractivity contribution is 7.45. The molecule has 0 N–H and O–H groups in total. The van der Waals surface area contributed by atoms with Crippen LogP contribution >= 0.6 is 7.82 Å². The topological polar surface area (TPSA) is 94.1 Å². The van der Waals surface area contributed by atoms with Crippen molar-refractivity contribution >= 4 is 13.8 Å². The van der Waals surface area contributed by atoms with Crippen molar-refractivity contribution in [1.82, 2.24) is 0 Å². The Bertz CT molecular complexity index is 1090. The van der Waals surface area contributed by atoms with E-state index in [4.69, 9.17) is 18.5 Å². The molecule has 2 atom stereocenters. The van der Waals surface area contributed by atoms with Crippen LogP contribution in [-0.4, -0.2) is 70.7 Å². The summed E-state index contributed by atoms with van der Waals surface area (Å²) < 4.78 is 34.9. The number of phosphoric ester groups is 1. The van der Waals surface area contributed by atoms with E-state index < -0.39 is 13.9 Å². The van der Waals surface area contributed by atoms with Crippen LogP contribution in [0.2, 0.25) is 0 Å². The van der Waals surface area contributed by atoms with Crippen molar-refractivity contribution in [2.75, 3.05) is 54.1 Å². The average molecular weight is 1010 g/mol. The predicted octanol–water partition coefficient (Wildman–Crippen LogP) is 19.3. The van der Waals surface area contributed by atoms with Gasteiger partial charge >= 0.3 is 5.97 Å². The van der Waals surface area contributed by atoms with Crippen LogP contribution in [0.4, 0.5) is 0 Å². The van der Waals surface area contributed by atoms with Crippen molar-refractivity contribution in [3.05, 3.63) is 0 Å². The van der Waals surface area contributed by atoms with Gasteiger partial charge in [0.1, 0.15) is 19.3 Å². The number of likely N-dealkylation sites (N-methyl/N-ethyl adjacent to an activating group) is 1. The van der Waals surface area contributed by atoms with Gasteiger partial charge in [-0.1, -0.05) is 309 Å². The number of hydrogen-bond donors (Lipinski definition) is 0. The van der Waals surface area contributed by atoms with E-state index in [0.29, 0.717) is 24.1 Å². The molecule has 420 valence electrons. The molecule has 0 bridgehead atoms. The van der Waals surface area contributed by atoms with Gasteiger partial charge in [0.05, 0.1) is 34.4 Å². The molecule has 0 aromatic rings. The maximum Gasteiger partial charge on any atom is 0.306 e. The average Bonchev–Trinajstić information content (AvgIpc) is 3.32. The van der Waals surface area contributed by atoms with Gasteiger partial charge in [-0.25, -0.2) is 0 Å². The Hall–Kier alpha value is -0.500. The van der Waals surface area contributed by atoms with E-state index >= 15 is 0 Å². The van der Waals surface area contributed by atoms with E-state index in [1.54, 1.807) is 0 Å². The number of quaternary nitrogens is 1. The largest absolute Gasteiger partial charge is 0.756 e. The van der Waals surface area contributed by atoms with Crippen LogP contribution < -0.4 is 4.89 Å². The number of hydrogen-bond acceptors (Lipinski definition) is 7. The maximum atomic E-state index is 12.8. The van der Waals surface area contributed by atoms with Crippen LogP contribution in [0.1, 0.15) is 328 Å². The molecule has 9 heteroatoms. The summed E-state index contributed by atoms with van der Waals surface area (Å²) >= 11 is 0. The third-order valence-corrected chi connectivity index (χ3v) is 15.4. The first-order chi connectivity index (χ1) is 34.1. The number of unbranched alkanes of at least 4 members (excludes halogenated alkanes) is 46. The first kappa shape index (κ1) is 69.5. The monoisotopic (exact) mass is 1010 g/mol. The Labute approximate surface area is 438 Å². The summed E-state index contributed by atoms with van der Waals surface area (Å²) in [6.07, 6.45) is 64.5. The normalized spacial score (nSPS) is 13.3. The highest BCUT2D eigenvalue weighted by Crippen LogP contribution is 2.38. The quantitative estimate of drug-likeness (QED) is 0.0259. The summed E-state index contributed by atoms with van der Waals surface area (Å²) in [5.74, 6) is -0.322. The lowest BCUT2D eigenvalue weighted by Crippen LogP contribution is -2.37. The summed E-state index contributed by atoms with van der Waals surface area (Å²) in [6.45, 7) is 5.52. The van der Waals surface area contributed by atoms with Crippen molar-refractivity contribution in [3.63, 3.8) is 0 Å². The molecular weight excluding hydrogens is 890 g/mol. The minimum absolute atomic E-state index is 0.0321. The molecule has 70 heavy (non-hydrogen) atoms. The second kappa shape index (κ2) is 54.8. The number of rotatable bonds is 60. The van der Waals surface area contributed by atoms with Gasteiger partial charge in [0, 0.05) is 13.0 Å². The van der Waals surface area contributed by atoms with Gasteiger partial charge in [-0.2, -0.15) is 0 Å². The Morgan fingerprint density at radius 3 is 0.943 bits per heavy atom. The minimum Gasteiger partial charge on any atom is -0.756 e. The number of phosphoric acid groups is 1. The van der Waals surface area contributed by atoms with E-state index in [9.17, 15) is 14.3 Å².